The van der Waals surface area contributed by atoms with Crippen molar-refractivity contribution in [2.24, 2.45) is 5.73 Å². The van der Waals surface area contributed by atoms with Crippen molar-refractivity contribution in [1.29, 1.82) is 0 Å². The molecule has 1 spiro atoms. The summed E-state index contributed by atoms with van der Waals surface area (Å²) in [5.74, 6) is 0. The van der Waals surface area contributed by atoms with Gasteiger partial charge in [-0.25, -0.2) is 0 Å². The van der Waals surface area contributed by atoms with Crippen LogP contribution in [0.15, 0.2) is 0 Å². The molecule has 0 aromatic carbocycles. The fourth-order valence-corrected chi connectivity index (χ4v) is 3.33. The Bertz CT molecular complexity index is 199. The summed E-state index contributed by atoms with van der Waals surface area (Å²) in [4.78, 5) is 2.68. The molecule has 2 N–H and O–H groups in total. The molecule has 2 heteroatoms. The van der Waals surface area contributed by atoms with Gasteiger partial charge in [0.25, 0.3) is 0 Å². The van der Waals surface area contributed by atoms with E-state index in [9.17, 15) is 0 Å². The van der Waals surface area contributed by atoms with Gasteiger partial charge in [-0.2, -0.15) is 0 Å². The fraction of sp³-hybridized carbons (Fsp3) is 1.00. The molecule has 1 heterocycles. The Morgan fingerprint density at radius 2 is 1.92 bits per heavy atom. The maximum atomic E-state index is 5.91. The minimum Gasteiger partial charge on any atom is -0.328 e. The molecular formula is C11H22N2. The normalized spacial score (nSPS) is 41.1. The van der Waals surface area contributed by atoms with Crippen LogP contribution in [0.2, 0.25) is 0 Å². The Hall–Kier alpha value is -0.0800. The topological polar surface area (TPSA) is 29.3 Å². The van der Waals surface area contributed by atoms with Gasteiger partial charge in [0.15, 0.2) is 0 Å². The summed E-state index contributed by atoms with van der Waals surface area (Å²) in [6.07, 6.45) is 5.19. The molecule has 1 saturated carbocycles. The number of likely N-dealkylation sites (tertiary alicyclic amines) is 1. The third-order valence-electron chi connectivity index (χ3n) is 3.69. The van der Waals surface area contributed by atoms with Gasteiger partial charge < -0.3 is 5.73 Å². The van der Waals surface area contributed by atoms with Crippen LogP contribution >= 0.6 is 0 Å². The summed E-state index contributed by atoms with van der Waals surface area (Å²) in [6, 6.07) is 0.475. The van der Waals surface area contributed by atoms with Crippen molar-refractivity contribution in [3.8, 4) is 0 Å². The maximum absolute atomic E-state index is 5.91. The molecule has 0 atom stereocenters. The van der Waals surface area contributed by atoms with E-state index in [4.69, 9.17) is 5.73 Å². The van der Waals surface area contributed by atoms with Gasteiger partial charge in [0.1, 0.15) is 0 Å². The third-order valence-corrected chi connectivity index (χ3v) is 3.69. The lowest BCUT2D eigenvalue weighted by Gasteiger charge is -2.54. The van der Waals surface area contributed by atoms with Crippen LogP contribution in [0.1, 0.15) is 46.5 Å². The van der Waals surface area contributed by atoms with E-state index < -0.39 is 0 Å². The first-order valence-electron chi connectivity index (χ1n) is 5.47. The molecule has 13 heavy (non-hydrogen) atoms. The summed E-state index contributed by atoms with van der Waals surface area (Å²) in [6.45, 7) is 8.24. The van der Waals surface area contributed by atoms with E-state index in [0.717, 1.165) is 0 Å². The van der Waals surface area contributed by atoms with Crippen molar-refractivity contribution in [3.05, 3.63) is 0 Å². The molecule has 0 aromatic heterocycles. The number of hydrogen-bond donors (Lipinski definition) is 1. The zero-order valence-electron chi connectivity index (χ0n) is 9.14. The van der Waals surface area contributed by atoms with Gasteiger partial charge in [-0.15, -0.1) is 0 Å². The number of nitrogens with zero attached hydrogens (tertiary/aromatic N) is 1. The zero-order valence-corrected chi connectivity index (χ0v) is 9.14. The first-order chi connectivity index (χ1) is 5.94. The highest BCUT2D eigenvalue weighted by Gasteiger charge is 2.52. The van der Waals surface area contributed by atoms with Gasteiger partial charge in [0.2, 0.25) is 0 Å². The molecule has 0 aromatic rings. The second kappa shape index (κ2) is 2.71. The van der Waals surface area contributed by atoms with Crippen LogP contribution in [0.4, 0.5) is 0 Å². The second-order valence-corrected chi connectivity index (χ2v) is 5.82. The molecule has 2 rings (SSSR count). The van der Waals surface area contributed by atoms with Crippen molar-refractivity contribution < 1.29 is 0 Å². The Morgan fingerprint density at radius 1 is 1.31 bits per heavy atom. The molecule has 1 aliphatic heterocycles. The largest absolute Gasteiger partial charge is 0.328 e. The van der Waals surface area contributed by atoms with Crippen molar-refractivity contribution in [2.45, 2.75) is 63.6 Å². The average Bonchev–Trinajstić information content (AvgIpc) is 2.28. The van der Waals surface area contributed by atoms with Crippen molar-refractivity contribution in [3.63, 3.8) is 0 Å². The van der Waals surface area contributed by atoms with E-state index >= 15 is 0 Å². The minimum absolute atomic E-state index is 0.330. The Labute approximate surface area is 81.5 Å². The van der Waals surface area contributed by atoms with E-state index in [-0.39, 0.29) is 0 Å². The molecule has 76 valence electrons. The lowest BCUT2D eigenvalue weighted by molar-refractivity contribution is -0.0220. The summed E-state index contributed by atoms with van der Waals surface area (Å²) in [7, 11) is 0. The van der Waals surface area contributed by atoms with Crippen LogP contribution in [0.5, 0.6) is 0 Å². The third kappa shape index (κ3) is 1.40. The van der Waals surface area contributed by atoms with Crippen molar-refractivity contribution >= 4 is 0 Å². The van der Waals surface area contributed by atoms with E-state index in [2.05, 4.69) is 25.7 Å². The molecule has 2 aliphatic rings. The number of nitrogens with two attached hydrogens (primary N) is 1. The van der Waals surface area contributed by atoms with Gasteiger partial charge >= 0.3 is 0 Å². The summed E-state index contributed by atoms with van der Waals surface area (Å²) >= 11 is 0. The van der Waals surface area contributed by atoms with Crippen LogP contribution in [0, 0.1) is 0 Å². The van der Waals surface area contributed by atoms with E-state index in [0.29, 0.717) is 17.1 Å². The molecule has 0 amide bonds. The molecule has 1 aliphatic carbocycles. The maximum Gasteiger partial charge on any atom is 0.0244 e. The predicted molar refractivity (Wildman–Crippen MR) is 55.6 cm³/mol. The number of hydrogen-bond acceptors (Lipinski definition) is 2. The molecule has 1 saturated heterocycles. The molecule has 2 nitrogen and oxygen atoms in total. The zero-order chi connectivity index (χ0) is 9.69. The Kier molecular flexibility index (Phi) is 1.97. The van der Waals surface area contributed by atoms with Crippen molar-refractivity contribution in [2.75, 3.05) is 6.54 Å². The van der Waals surface area contributed by atoms with E-state index in [1.165, 1.54) is 32.2 Å². The van der Waals surface area contributed by atoms with Crippen LogP contribution in [-0.2, 0) is 0 Å². The lowest BCUT2D eigenvalue weighted by Crippen LogP contribution is -2.63. The van der Waals surface area contributed by atoms with Crippen molar-refractivity contribution in [1.82, 2.24) is 4.90 Å². The van der Waals surface area contributed by atoms with Gasteiger partial charge in [0.05, 0.1) is 0 Å². The highest BCUT2D eigenvalue weighted by molar-refractivity contribution is 5.10. The summed E-state index contributed by atoms with van der Waals surface area (Å²) in [5, 5.41) is 0. The molecular weight excluding hydrogens is 160 g/mol. The Balaban J connectivity index is 2.12. The second-order valence-electron chi connectivity index (χ2n) is 5.82. The Morgan fingerprint density at radius 3 is 2.38 bits per heavy atom. The van der Waals surface area contributed by atoms with Gasteiger partial charge in [-0.05, 0) is 53.0 Å². The molecule has 0 bridgehead atoms. The van der Waals surface area contributed by atoms with Crippen LogP contribution < -0.4 is 5.73 Å². The quantitative estimate of drug-likeness (QED) is 0.618. The monoisotopic (exact) mass is 182 g/mol. The SMILES string of the molecule is CC(C)(C)N1CCCC12CC(N)C2. The summed E-state index contributed by atoms with van der Waals surface area (Å²) in [5.41, 5.74) is 6.74. The van der Waals surface area contributed by atoms with Crippen LogP contribution in [0.25, 0.3) is 0 Å². The van der Waals surface area contributed by atoms with E-state index in [1.807, 2.05) is 0 Å². The van der Waals surface area contributed by atoms with Gasteiger partial charge in [-0.1, -0.05) is 0 Å². The summed E-state index contributed by atoms with van der Waals surface area (Å²) < 4.78 is 0. The first-order valence-corrected chi connectivity index (χ1v) is 5.47. The lowest BCUT2D eigenvalue weighted by atomic mass is 9.70. The predicted octanol–water partition coefficient (Wildman–Crippen LogP) is 1.74. The van der Waals surface area contributed by atoms with Crippen LogP contribution in [-0.4, -0.2) is 28.6 Å². The highest BCUT2D eigenvalue weighted by Crippen LogP contribution is 2.47. The molecule has 2 fully saturated rings. The minimum atomic E-state index is 0.330. The smallest absolute Gasteiger partial charge is 0.0244 e. The number of rotatable bonds is 0. The highest BCUT2D eigenvalue weighted by atomic mass is 15.3. The molecule has 0 radical (unpaired) electrons. The van der Waals surface area contributed by atoms with Gasteiger partial charge in [0, 0.05) is 17.1 Å². The fourth-order valence-electron chi connectivity index (χ4n) is 3.33. The molecule has 0 unspecified atom stereocenters. The van der Waals surface area contributed by atoms with Crippen LogP contribution in [0.3, 0.4) is 0 Å². The van der Waals surface area contributed by atoms with E-state index in [1.54, 1.807) is 0 Å². The average molecular weight is 182 g/mol. The standard InChI is InChI=1S/C11H22N2/c1-10(2,3)13-6-4-5-11(13)7-9(12)8-11/h9H,4-8,12H2,1-3H3. The van der Waals surface area contributed by atoms with Gasteiger partial charge in [-0.3, -0.25) is 4.90 Å². The first kappa shape index (κ1) is 9.47.